The molecule has 0 amide bonds. The minimum Gasteiger partial charge on any atom is -0.0991 e. The van der Waals surface area contributed by atoms with E-state index in [0.717, 1.165) is 31.3 Å². The van der Waals surface area contributed by atoms with Gasteiger partial charge in [-0.3, -0.25) is 0 Å². The van der Waals surface area contributed by atoms with E-state index < -0.39 is 0 Å². The minimum atomic E-state index is 1.03. The summed E-state index contributed by atoms with van der Waals surface area (Å²) in [6.45, 7) is 16.6. The van der Waals surface area contributed by atoms with Gasteiger partial charge in [-0.1, -0.05) is 85.0 Å². The molecule has 0 N–H and O–H groups in total. The maximum absolute atomic E-state index is 4.17. The second-order valence-corrected chi connectivity index (χ2v) is 7.64. The predicted octanol–water partition coefficient (Wildman–Crippen LogP) is 7.82. The lowest BCUT2D eigenvalue weighted by atomic mass is 9.93. The van der Waals surface area contributed by atoms with Gasteiger partial charge in [0.1, 0.15) is 0 Å². The highest BCUT2D eigenvalue weighted by molar-refractivity contribution is 5.63. The number of rotatable bonds is 9. The van der Waals surface area contributed by atoms with Crippen molar-refractivity contribution >= 4 is 5.57 Å². The number of aryl methyl sites for hydroxylation is 4. The molecule has 0 saturated carbocycles. The van der Waals surface area contributed by atoms with E-state index in [0.29, 0.717) is 0 Å². The van der Waals surface area contributed by atoms with E-state index in [1.165, 1.54) is 39.0 Å². The molecule has 2 aromatic rings. The first kappa shape index (κ1) is 21.7. The van der Waals surface area contributed by atoms with Crippen LogP contribution in [0.3, 0.4) is 0 Å². The van der Waals surface area contributed by atoms with Crippen molar-refractivity contribution in [2.45, 2.75) is 53.4 Å². The summed E-state index contributed by atoms with van der Waals surface area (Å²) in [5.74, 6) is 0. The van der Waals surface area contributed by atoms with Crippen LogP contribution in [0, 0.1) is 6.92 Å². The summed E-state index contributed by atoms with van der Waals surface area (Å²) in [6.07, 6.45) is 10.4. The molecule has 0 nitrogen and oxygen atoms in total. The number of benzene rings is 2. The van der Waals surface area contributed by atoms with Crippen molar-refractivity contribution in [1.82, 2.24) is 0 Å². The fourth-order valence-electron chi connectivity index (χ4n) is 3.49. The largest absolute Gasteiger partial charge is 0.0991 e. The van der Waals surface area contributed by atoms with Crippen LogP contribution in [0.5, 0.6) is 0 Å². The molecule has 0 atom stereocenters. The first-order valence-electron chi connectivity index (χ1n) is 10.2. The highest BCUT2D eigenvalue weighted by Crippen LogP contribution is 2.23. The first-order valence-corrected chi connectivity index (χ1v) is 10.2. The highest BCUT2D eigenvalue weighted by Gasteiger charge is 2.06. The minimum absolute atomic E-state index is 1.03. The van der Waals surface area contributed by atoms with Gasteiger partial charge in [-0.2, -0.15) is 0 Å². The van der Waals surface area contributed by atoms with Gasteiger partial charge in [0.15, 0.2) is 0 Å². The third-order valence-electron chi connectivity index (χ3n) is 5.43. The van der Waals surface area contributed by atoms with Gasteiger partial charge in [0, 0.05) is 0 Å². The van der Waals surface area contributed by atoms with Gasteiger partial charge in [-0.25, -0.2) is 0 Å². The topological polar surface area (TPSA) is 0 Å². The molecule has 146 valence electrons. The van der Waals surface area contributed by atoms with Crippen LogP contribution in [-0.4, -0.2) is 0 Å². The molecule has 0 aromatic heterocycles. The molecule has 2 aromatic carbocycles. The Labute approximate surface area is 172 Å². The zero-order valence-electron chi connectivity index (χ0n) is 18.0. The Hall–Kier alpha value is -2.60. The normalized spacial score (nSPS) is 12.1. The van der Waals surface area contributed by atoms with Crippen molar-refractivity contribution in [2.24, 2.45) is 0 Å². The fraction of sp³-hybridized carbons (Fsp3) is 0.286. The van der Waals surface area contributed by atoms with Gasteiger partial charge in [0.05, 0.1) is 0 Å². The summed E-state index contributed by atoms with van der Waals surface area (Å²) in [5.41, 5.74) is 10.7. The average Bonchev–Trinajstić information content (AvgIpc) is 2.69. The quantitative estimate of drug-likeness (QED) is 0.395. The van der Waals surface area contributed by atoms with Crippen LogP contribution in [0.4, 0.5) is 0 Å². The van der Waals surface area contributed by atoms with Crippen molar-refractivity contribution in [3.63, 3.8) is 0 Å². The lowest BCUT2D eigenvalue weighted by Crippen LogP contribution is -1.98. The van der Waals surface area contributed by atoms with E-state index in [1.807, 2.05) is 6.08 Å². The van der Waals surface area contributed by atoms with E-state index in [1.54, 1.807) is 0 Å². The Morgan fingerprint density at radius 2 is 1.64 bits per heavy atom. The monoisotopic (exact) mass is 370 g/mol. The Morgan fingerprint density at radius 3 is 2.25 bits per heavy atom. The van der Waals surface area contributed by atoms with Gasteiger partial charge in [0.2, 0.25) is 0 Å². The van der Waals surface area contributed by atoms with Crippen molar-refractivity contribution < 1.29 is 0 Å². The van der Waals surface area contributed by atoms with E-state index in [4.69, 9.17) is 0 Å². The van der Waals surface area contributed by atoms with Crippen LogP contribution in [0.2, 0.25) is 0 Å². The lowest BCUT2D eigenvalue weighted by molar-refractivity contribution is 0.919. The molecule has 0 aliphatic rings. The standard InChI is InChI=1S/C28H34/c1-7-11-26(22(5)8-2)16-14-24-18-25(20-28(19-24)21(3)4)15-17-27-13-10-9-12-23(27)6/h7-13,18-20H,1,3,14-17H2,2,4-6H3/b22-8-,26-11-. The molecule has 0 unspecified atom stereocenters. The summed E-state index contributed by atoms with van der Waals surface area (Å²) in [6, 6.07) is 15.7. The van der Waals surface area contributed by atoms with Gasteiger partial charge in [-0.15, -0.1) is 0 Å². The Kier molecular flexibility index (Phi) is 8.26. The van der Waals surface area contributed by atoms with Crippen molar-refractivity contribution in [3.8, 4) is 0 Å². The van der Waals surface area contributed by atoms with E-state index >= 15 is 0 Å². The second-order valence-electron chi connectivity index (χ2n) is 7.64. The zero-order chi connectivity index (χ0) is 20.5. The lowest BCUT2D eigenvalue weighted by Gasteiger charge is -2.13. The van der Waals surface area contributed by atoms with Gasteiger partial charge in [0.25, 0.3) is 0 Å². The van der Waals surface area contributed by atoms with Gasteiger partial charge >= 0.3 is 0 Å². The molecule has 0 spiro atoms. The Balaban J connectivity index is 2.20. The summed E-state index contributed by atoms with van der Waals surface area (Å²) >= 11 is 0. The molecule has 0 bridgehead atoms. The molecule has 0 fully saturated rings. The molecule has 2 rings (SSSR count). The molecule has 0 aliphatic carbocycles. The molecule has 0 aliphatic heterocycles. The molecule has 0 radical (unpaired) electrons. The molecule has 0 saturated heterocycles. The molecule has 0 heterocycles. The number of hydrogen-bond donors (Lipinski definition) is 0. The second kappa shape index (κ2) is 10.7. The zero-order valence-corrected chi connectivity index (χ0v) is 18.0. The third kappa shape index (κ3) is 6.23. The smallest absolute Gasteiger partial charge is 0.0228 e. The maximum atomic E-state index is 4.17. The van der Waals surface area contributed by atoms with Crippen LogP contribution in [0.15, 0.2) is 85.0 Å². The van der Waals surface area contributed by atoms with Crippen LogP contribution < -0.4 is 0 Å². The number of hydrogen-bond acceptors (Lipinski definition) is 0. The van der Waals surface area contributed by atoms with Crippen LogP contribution >= 0.6 is 0 Å². The molecule has 28 heavy (non-hydrogen) atoms. The van der Waals surface area contributed by atoms with Crippen molar-refractivity contribution in [1.29, 1.82) is 0 Å². The molecular formula is C28H34. The predicted molar refractivity (Wildman–Crippen MR) is 126 cm³/mol. The van der Waals surface area contributed by atoms with E-state index in [9.17, 15) is 0 Å². The number of allylic oxidation sites excluding steroid dienone is 6. The van der Waals surface area contributed by atoms with Crippen LogP contribution in [-0.2, 0) is 19.3 Å². The van der Waals surface area contributed by atoms with Crippen LogP contribution in [0.25, 0.3) is 5.57 Å². The summed E-state index contributed by atoms with van der Waals surface area (Å²) in [7, 11) is 0. The van der Waals surface area contributed by atoms with Gasteiger partial charge in [-0.05, 0) is 86.8 Å². The van der Waals surface area contributed by atoms with E-state index in [-0.39, 0.29) is 0 Å². The first-order chi connectivity index (χ1) is 13.4. The van der Waals surface area contributed by atoms with E-state index in [2.05, 4.69) is 95.5 Å². The van der Waals surface area contributed by atoms with Gasteiger partial charge < -0.3 is 0 Å². The average molecular weight is 371 g/mol. The maximum Gasteiger partial charge on any atom is -0.0228 e. The summed E-state index contributed by atoms with van der Waals surface area (Å²) in [5, 5.41) is 0. The fourth-order valence-corrected chi connectivity index (χ4v) is 3.49. The van der Waals surface area contributed by atoms with Crippen molar-refractivity contribution in [3.05, 3.63) is 113 Å². The SMILES string of the molecule is C=C/C=C(CCc1cc(CCc2ccccc2C)cc(C(=C)C)c1)\C(C)=C/C. The summed E-state index contributed by atoms with van der Waals surface area (Å²) < 4.78 is 0. The van der Waals surface area contributed by atoms with Crippen LogP contribution in [0.1, 0.15) is 55.0 Å². The Morgan fingerprint density at radius 1 is 0.964 bits per heavy atom. The molecular weight excluding hydrogens is 336 g/mol. The van der Waals surface area contributed by atoms with Crippen molar-refractivity contribution in [2.75, 3.05) is 0 Å². The Bertz CT molecular complexity index is 890. The third-order valence-corrected chi connectivity index (χ3v) is 5.43. The highest BCUT2D eigenvalue weighted by atomic mass is 14.1. The summed E-state index contributed by atoms with van der Waals surface area (Å²) in [4.78, 5) is 0. The molecule has 0 heteroatoms.